The van der Waals surface area contributed by atoms with E-state index in [-0.39, 0.29) is 0 Å². The molecule has 0 radical (unpaired) electrons. The molecule has 0 fully saturated rings. The molecule has 44 valence electrons. The molecule has 0 aliphatic heterocycles. The Morgan fingerprint density at radius 2 is 1.67 bits per heavy atom. The van der Waals surface area contributed by atoms with Crippen LogP contribution in [0.5, 0.6) is 0 Å². The zero-order chi connectivity index (χ0) is 6.27. The molecular formula is C9H8. The van der Waals surface area contributed by atoms with Crippen molar-refractivity contribution in [1.82, 2.24) is 0 Å². The van der Waals surface area contributed by atoms with E-state index in [0.29, 0.717) is 0 Å². The molecule has 0 N–H and O–H groups in total. The van der Waals surface area contributed by atoms with Crippen LogP contribution < -0.4 is 0 Å². The molecule has 2 bridgehead atoms. The van der Waals surface area contributed by atoms with Crippen LogP contribution in [0.1, 0.15) is 6.92 Å². The lowest BCUT2D eigenvalue weighted by Crippen LogP contribution is -1.73. The van der Waals surface area contributed by atoms with Gasteiger partial charge in [-0.05, 0) is 23.6 Å². The second kappa shape index (κ2) is 1.47. The van der Waals surface area contributed by atoms with E-state index in [1.807, 2.05) is 0 Å². The van der Waals surface area contributed by atoms with Crippen molar-refractivity contribution in [1.29, 1.82) is 0 Å². The Hall–Kier alpha value is -1.04. The first-order valence-electron chi connectivity index (χ1n) is 3.19. The monoisotopic (exact) mass is 116 g/mol. The minimum Gasteiger partial charge on any atom is -0.0792 e. The van der Waals surface area contributed by atoms with Crippen molar-refractivity contribution in [2.75, 3.05) is 0 Å². The molecule has 0 saturated heterocycles. The Morgan fingerprint density at radius 3 is 1.89 bits per heavy atom. The van der Waals surface area contributed by atoms with Crippen molar-refractivity contribution in [3.8, 4) is 0 Å². The number of rotatable bonds is 0. The van der Waals surface area contributed by atoms with E-state index < -0.39 is 0 Å². The summed E-state index contributed by atoms with van der Waals surface area (Å²) >= 11 is 0. The summed E-state index contributed by atoms with van der Waals surface area (Å²) in [5.41, 5.74) is 4.13. The lowest BCUT2D eigenvalue weighted by molar-refractivity contribution is 1.55. The minimum absolute atomic E-state index is 1.37. The Labute approximate surface area is 54.9 Å². The molecule has 0 aromatic carbocycles. The third-order valence-electron chi connectivity index (χ3n) is 1.80. The molecule has 2 aliphatic rings. The van der Waals surface area contributed by atoms with Gasteiger partial charge in [-0.3, -0.25) is 0 Å². The van der Waals surface area contributed by atoms with Crippen molar-refractivity contribution in [2.24, 2.45) is 0 Å². The highest BCUT2D eigenvalue weighted by Gasteiger charge is 2.15. The molecule has 0 unspecified atom stereocenters. The zero-order valence-corrected chi connectivity index (χ0v) is 5.39. The quantitative estimate of drug-likeness (QED) is 0.455. The molecular weight excluding hydrogens is 108 g/mol. The highest BCUT2D eigenvalue weighted by atomic mass is 14.2. The maximum atomic E-state index is 2.16. The van der Waals surface area contributed by atoms with Crippen LogP contribution in [0.4, 0.5) is 0 Å². The molecule has 0 heterocycles. The summed E-state index contributed by atoms with van der Waals surface area (Å²) in [5, 5.41) is 0. The third kappa shape index (κ3) is 0.476. The van der Waals surface area contributed by atoms with E-state index >= 15 is 0 Å². The summed E-state index contributed by atoms with van der Waals surface area (Å²) in [7, 11) is 0. The number of hydrogen-bond acceptors (Lipinski definition) is 0. The van der Waals surface area contributed by atoms with E-state index in [2.05, 4.69) is 37.3 Å². The van der Waals surface area contributed by atoms with Gasteiger partial charge in [0.1, 0.15) is 0 Å². The molecule has 0 aromatic heterocycles. The predicted molar refractivity (Wildman–Crippen MR) is 39.1 cm³/mol. The average molecular weight is 116 g/mol. The van der Waals surface area contributed by atoms with Gasteiger partial charge in [-0.15, -0.1) is 0 Å². The van der Waals surface area contributed by atoms with E-state index in [0.717, 1.165) is 0 Å². The Bertz CT molecular complexity index is 236. The zero-order valence-electron chi connectivity index (χ0n) is 5.39. The van der Waals surface area contributed by atoms with Crippen LogP contribution in [0.2, 0.25) is 0 Å². The van der Waals surface area contributed by atoms with Gasteiger partial charge in [0.2, 0.25) is 0 Å². The molecule has 0 amide bonds. The fraction of sp³-hybridized carbons (Fsp3) is 0.111. The van der Waals surface area contributed by atoms with Crippen LogP contribution in [0.15, 0.2) is 47.1 Å². The van der Waals surface area contributed by atoms with Crippen LogP contribution in [0.25, 0.3) is 0 Å². The molecule has 0 saturated carbocycles. The summed E-state index contributed by atoms with van der Waals surface area (Å²) < 4.78 is 0. The normalized spacial score (nSPS) is 20.3. The standard InChI is InChI=1S/C9H8/c1-2-9-7-3-4-8(9)6-5-7/h2-6H,1H3. The lowest BCUT2D eigenvalue weighted by atomic mass is 10.1. The Balaban J connectivity index is 2.61. The summed E-state index contributed by atoms with van der Waals surface area (Å²) in [6, 6.07) is 0. The molecule has 0 heteroatoms. The van der Waals surface area contributed by atoms with Crippen LogP contribution in [0, 0.1) is 0 Å². The van der Waals surface area contributed by atoms with Gasteiger partial charge >= 0.3 is 0 Å². The van der Waals surface area contributed by atoms with Gasteiger partial charge in [-0.1, -0.05) is 30.4 Å². The van der Waals surface area contributed by atoms with Gasteiger partial charge in [0.05, 0.1) is 0 Å². The second-order valence-corrected chi connectivity index (χ2v) is 2.28. The maximum absolute atomic E-state index is 2.16. The molecule has 0 spiro atoms. The lowest BCUT2D eigenvalue weighted by Gasteiger charge is -1.91. The molecule has 9 heavy (non-hydrogen) atoms. The van der Waals surface area contributed by atoms with Crippen molar-refractivity contribution in [2.45, 2.75) is 6.92 Å². The first-order valence-corrected chi connectivity index (χ1v) is 3.19. The summed E-state index contributed by atoms with van der Waals surface area (Å²) in [4.78, 5) is 0. The van der Waals surface area contributed by atoms with Gasteiger partial charge in [-0.25, -0.2) is 0 Å². The molecule has 0 aromatic rings. The van der Waals surface area contributed by atoms with E-state index in [1.54, 1.807) is 0 Å². The largest absolute Gasteiger partial charge is 0.0792 e. The average Bonchev–Trinajstić information content (AvgIpc) is 2.44. The minimum atomic E-state index is 1.37. The van der Waals surface area contributed by atoms with Gasteiger partial charge in [0, 0.05) is 0 Å². The van der Waals surface area contributed by atoms with Crippen LogP contribution in [-0.2, 0) is 0 Å². The molecule has 2 rings (SSSR count). The molecule has 2 aliphatic carbocycles. The van der Waals surface area contributed by atoms with E-state index in [4.69, 9.17) is 0 Å². The number of hydrogen-bond donors (Lipinski definition) is 0. The predicted octanol–water partition coefficient (Wildman–Crippen LogP) is 2.37. The van der Waals surface area contributed by atoms with E-state index in [9.17, 15) is 0 Å². The molecule has 0 nitrogen and oxygen atoms in total. The van der Waals surface area contributed by atoms with Crippen molar-refractivity contribution < 1.29 is 0 Å². The van der Waals surface area contributed by atoms with Gasteiger partial charge < -0.3 is 0 Å². The first kappa shape index (κ1) is 4.80. The Morgan fingerprint density at radius 1 is 1.11 bits per heavy atom. The fourth-order valence-electron chi connectivity index (χ4n) is 1.33. The highest BCUT2D eigenvalue weighted by molar-refractivity contribution is 5.68. The van der Waals surface area contributed by atoms with Crippen molar-refractivity contribution >= 4 is 0 Å². The topological polar surface area (TPSA) is 0 Å². The van der Waals surface area contributed by atoms with Gasteiger partial charge in [0.15, 0.2) is 0 Å². The smallest absolute Gasteiger partial charge is 0.0154 e. The van der Waals surface area contributed by atoms with Gasteiger partial charge in [0.25, 0.3) is 0 Å². The van der Waals surface area contributed by atoms with Crippen LogP contribution >= 0.6 is 0 Å². The summed E-state index contributed by atoms with van der Waals surface area (Å²) in [5.74, 6) is 0. The summed E-state index contributed by atoms with van der Waals surface area (Å²) in [6.07, 6.45) is 10.8. The van der Waals surface area contributed by atoms with Crippen LogP contribution in [-0.4, -0.2) is 0 Å². The number of allylic oxidation sites excluding steroid dienone is 8. The van der Waals surface area contributed by atoms with Gasteiger partial charge in [-0.2, -0.15) is 0 Å². The van der Waals surface area contributed by atoms with Crippen LogP contribution in [0.3, 0.4) is 0 Å². The highest BCUT2D eigenvalue weighted by Crippen LogP contribution is 2.33. The molecule has 0 atom stereocenters. The summed E-state index contributed by atoms with van der Waals surface area (Å²) in [6.45, 7) is 2.08. The van der Waals surface area contributed by atoms with E-state index in [1.165, 1.54) is 16.7 Å². The third-order valence-corrected chi connectivity index (χ3v) is 1.80. The Kier molecular flexibility index (Phi) is 0.786. The van der Waals surface area contributed by atoms with Crippen molar-refractivity contribution in [3.05, 3.63) is 47.1 Å². The second-order valence-electron chi connectivity index (χ2n) is 2.28. The number of fused-ring (bicyclic) bond motifs is 2. The first-order chi connectivity index (χ1) is 4.42. The maximum Gasteiger partial charge on any atom is -0.0154 e. The van der Waals surface area contributed by atoms with Crippen molar-refractivity contribution in [3.63, 3.8) is 0 Å². The fourth-order valence-corrected chi connectivity index (χ4v) is 1.33. The SMILES string of the molecule is CC=C1C2=CC=C1C=C2.